The summed E-state index contributed by atoms with van der Waals surface area (Å²) in [6.45, 7) is 1.59. The fourth-order valence-corrected chi connectivity index (χ4v) is 1.28. The van der Waals surface area contributed by atoms with Crippen LogP contribution in [0.25, 0.3) is 0 Å². The number of benzene rings is 1. The molecule has 0 aliphatic rings. The van der Waals surface area contributed by atoms with Crippen molar-refractivity contribution in [2.24, 2.45) is 0 Å². The van der Waals surface area contributed by atoms with E-state index in [4.69, 9.17) is 0 Å². The van der Waals surface area contributed by atoms with Gasteiger partial charge in [-0.1, -0.05) is 18.2 Å². The molecular weight excluding hydrogens is 221 g/mol. The molecule has 5 heteroatoms. The zero-order valence-corrected chi connectivity index (χ0v) is 10.2. The van der Waals surface area contributed by atoms with Crippen LogP contribution >= 0.6 is 0 Å². The molecule has 0 saturated carbocycles. The van der Waals surface area contributed by atoms with Gasteiger partial charge >= 0.3 is 6.03 Å². The van der Waals surface area contributed by atoms with Crippen LogP contribution in [0.5, 0.6) is 0 Å². The van der Waals surface area contributed by atoms with Crippen molar-refractivity contribution in [1.29, 1.82) is 0 Å². The first kappa shape index (κ1) is 13.4. The Morgan fingerprint density at radius 3 is 2.65 bits per heavy atom. The first-order valence-corrected chi connectivity index (χ1v) is 5.50. The average molecular weight is 239 g/mol. The van der Waals surface area contributed by atoms with Gasteiger partial charge in [-0.2, -0.15) is 0 Å². The van der Waals surface area contributed by atoms with Gasteiger partial charge in [-0.25, -0.2) is 9.18 Å². The summed E-state index contributed by atoms with van der Waals surface area (Å²) in [5.74, 6) is -0.211. The number of hydrogen-bond donors (Lipinski definition) is 2. The first-order chi connectivity index (χ1) is 8.11. The Morgan fingerprint density at radius 1 is 1.29 bits per heavy atom. The Labute approximate surface area is 101 Å². The lowest BCUT2D eigenvalue weighted by Gasteiger charge is -2.12. The second-order valence-corrected chi connectivity index (χ2v) is 3.89. The quantitative estimate of drug-likeness (QED) is 0.758. The van der Waals surface area contributed by atoms with Crippen molar-refractivity contribution in [2.45, 2.75) is 6.54 Å². The summed E-state index contributed by atoms with van der Waals surface area (Å²) in [5, 5.41) is 5.78. The summed E-state index contributed by atoms with van der Waals surface area (Å²) >= 11 is 0. The third kappa shape index (κ3) is 4.82. The smallest absolute Gasteiger partial charge is 0.316 e. The van der Waals surface area contributed by atoms with E-state index in [1.807, 2.05) is 0 Å². The molecule has 0 atom stereocenters. The molecule has 0 radical (unpaired) electrons. The Kier molecular flexibility index (Phi) is 5.42. The molecule has 0 spiro atoms. The highest BCUT2D eigenvalue weighted by atomic mass is 19.1. The van der Waals surface area contributed by atoms with E-state index in [2.05, 4.69) is 10.6 Å². The van der Waals surface area contributed by atoms with Gasteiger partial charge in [0.2, 0.25) is 0 Å². The number of hydrogen-bond acceptors (Lipinski definition) is 2. The molecule has 2 amide bonds. The number of amides is 2. The number of nitrogens with zero attached hydrogens (tertiary/aromatic N) is 1. The zero-order chi connectivity index (χ0) is 12.7. The van der Waals surface area contributed by atoms with Crippen LogP contribution < -0.4 is 10.6 Å². The number of carbonyl (C=O) groups is 1. The maximum absolute atomic E-state index is 13.2. The second kappa shape index (κ2) is 6.85. The molecule has 0 aromatic heterocycles. The van der Waals surface area contributed by atoms with E-state index in [0.29, 0.717) is 25.2 Å². The Hall–Kier alpha value is -1.62. The molecule has 0 aliphatic heterocycles. The molecule has 0 aliphatic carbocycles. The second-order valence-electron chi connectivity index (χ2n) is 3.89. The maximum atomic E-state index is 13.2. The average Bonchev–Trinajstić information content (AvgIpc) is 2.30. The molecule has 0 heterocycles. The van der Waals surface area contributed by atoms with Gasteiger partial charge in [0.05, 0.1) is 0 Å². The lowest BCUT2D eigenvalue weighted by Crippen LogP contribution is -2.38. The molecule has 1 aromatic rings. The first-order valence-electron chi connectivity index (χ1n) is 5.50. The van der Waals surface area contributed by atoms with Gasteiger partial charge in [-0.15, -0.1) is 0 Å². The summed E-state index contributed by atoms with van der Waals surface area (Å²) in [6.07, 6.45) is 0. The molecule has 1 rings (SSSR count). The molecule has 0 fully saturated rings. The molecular formula is C12H18FN3O. The molecule has 94 valence electrons. The van der Waals surface area contributed by atoms with Crippen molar-refractivity contribution in [3.05, 3.63) is 35.6 Å². The van der Waals surface area contributed by atoms with Gasteiger partial charge in [0.1, 0.15) is 5.82 Å². The molecule has 17 heavy (non-hydrogen) atoms. The van der Waals surface area contributed by atoms with Crippen LogP contribution in [0.15, 0.2) is 24.3 Å². The Bertz CT molecular complexity index is 369. The minimum atomic E-state index is -0.211. The summed E-state index contributed by atoms with van der Waals surface area (Å²) in [4.78, 5) is 12.6. The molecule has 1 aromatic carbocycles. The van der Waals surface area contributed by atoms with E-state index in [-0.39, 0.29) is 11.8 Å². The van der Waals surface area contributed by atoms with Crippen LogP contribution in [0.3, 0.4) is 0 Å². The van der Waals surface area contributed by atoms with Crippen LogP contribution in [0.4, 0.5) is 9.18 Å². The highest BCUT2D eigenvalue weighted by Crippen LogP contribution is 2.04. The number of urea groups is 1. The minimum Gasteiger partial charge on any atom is -0.337 e. The van der Waals surface area contributed by atoms with Crippen LogP contribution in [0, 0.1) is 5.82 Å². The normalized spacial score (nSPS) is 10.1. The molecule has 0 unspecified atom stereocenters. The molecule has 2 N–H and O–H groups in total. The van der Waals surface area contributed by atoms with Crippen molar-refractivity contribution >= 4 is 6.03 Å². The summed E-state index contributed by atoms with van der Waals surface area (Å²) in [7, 11) is 3.37. The summed E-state index contributed by atoms with van der Waals surface area (Å²) in [6, 6.07) is 6.51. The monoisotopic (exact) mass is 239 g/mol. The van der Waals surface area contributed by atoms with Gasteiger partial charge < -0.3 is 15.5 Å². The molecule has 0 bridgehead atoms. The lowest BCUT2D eigenvalue weighted by atomic mass is 10.2. The van der Waals surface area contributed by atoms with Gasteiger partial charge in [0, 0.05) is 39.3 Å². The van der Waals surface area contributed by atoms with Crippen LogP contribution in [-0.2, 0) is 6.54 Å². The van der Waals surface area contributed by atoms with Crippen molar-refractivity contribution in [3.8, 4) is 0 Å². The lowest BCUT2D eigenvalue weighted by molar-refractivity contribution is 0.217. The summed E-state index contributed by atoms with van der Waals surface area (Å²) in [5.41, 5.74) is 0.631. The predicted octanol–water partition coefficient (Wildman–Crippen LogP) is 1.19. The third-order valence-electron chi connectivity index (χ3n) is 2.26. The Balaban J connectivity index is 2.17. The van der Waals surface area contributed by atoms with Crippen molar-refractivity contribution < 1.29 is 9.18 Å². The van der Waals surface area contributed by atoms with E-state index in [1.165, 1.54) is 11.0 Å². The predicted molar refractivity (Wildman–Crippen MR) is 65.2 cm³/mol. The van der Waals surface area contributed by atoms with Crippen LogP contribution in [0.1, 0.15) is 5.56 Å². The minimum absolute atomic E-state index is 0.127. The van der Waals surface area contributed by atoms with Gasteiger partial charge in [-0.3, -0.25) is 0 Å². The van der Waals surface area contributed by atoms with E-state index in [0.717, 1.165) is 0 Å². The van der Waals surface area contributed by atoms with Crippen molar-refractivity contribution in [3.63, 3.8) is 0 Å². The zero-order valence-electron chi connectivity index (χ0n) is 10.2. The molecule has 0 saturated heterocycles. The van der Waals surface area contributed by atoms with E-state index in [1.54, 1.807) is 32.3 Å². The largest absolute Gasteiger partial charge is 0.337 e. The van der Waals surface area contributed by atoms with Crippen molar-refractivity contribution in [1.82, 2.24) is 15.5 Å². The van der Waals surface area contributed by atoms with Crippen LogP contribution in [0.2, 0.25) is 0 Å². The topological polar surface area (TPSA) is 44.4 Å². The summed E-state index contributed by atoms with van der Waals surface area (Å²) < 4.78 is 13.2. The number of halogens is 1. The number of carbonyl (C=O) groups excluding carboxylic acids is 1. The maximum Gasteiger partial charge on any atom is 0.316 e. The van der Waals surface area contributed by atoms with Crippen molar-refractivity contribution in [2.75, 3.05) is 27.2 Å². The van der Waals surface area contributed by atoms with Gasteiger partial charge in [-0.05, 0) is 6.07 Å². The fraction of sp³-hybridized carbons (Fsp3) is 0.417. The number of nitrogens with one attached hydrogen (secondary N) is 2. The van der Waals surface area contributed by atoms with Crippen LogP contribution in [-0.4, -0.2) is 38.1 Å². The fourth-order valence-electron chi connectivity index (χ4n) is 1.28. The van der Waals surface area contributed by atoms with E-state index < -0.39 is 0 Å². The Morgan fingerprint density at radius 2 is 2.00 bits per heavy atom. The van der Waals surface area contributed by atoms with E-state index in [9.17, 15) is 9.18 Å². The van der Waals surface area contributed by atoms with E-state index >= 15 is 0 Å². The van der Waals surface area contributed by atoms with Gasteiger partial charge in [0.15, 0.2) is 0 Å². The molecule has 4 nitrogen and oxygen atoms in total. The number of rotatable bonds is 5. The highest BCUT2D eigenvalue weighted by molar-refractivity contribution is 5.73. The highest BCUT2D eigenvalue weighted by Gasteiger charge is 2.01. The van der Waals surface area contributed by atoms with Gasteiger partial charge in [0.25, 0.3) is 0 Å². The standard InChI is InChI=1S/C12H18FN3O/c1-16(2)12(17)15-8-7-14-9-10-5-3-4-6-11(10)13/h3-6,14H,7-9H2,1-2H3,(H,15,17). The third-order valence-corrected chi connectivity index (χ3v) is 2.26. The SMILES string of the molecule is CN(C)C(=O)NCCNCc1ccccc1F.